The molecule has 33 heavy (non-hydrogen) atoms. The molecule has 0 N–H and O–H groups in total. The minimum absolute atomic E-state index is 0.0801. The zero-order valence-electron chi connectivity index (χ0n) is 22.1. The second kappa shape index (κ2) is 8.45. The molecule has 5 aliphatic rings. The van der Waals surface area contributed by atoms with Crippen molar-refractivity contribution in [1.82, 2.24) is 4.90 Å². The number of carbonyl (C=O) groups excluding carboxylic acids is 1. The lowest BCUT2D eigenvalue weighted by atomic mass is 9.51. The van der Waals surface area contributed by atoms with E-state index in [1.807, 2.05) is 11.9 Å². The van der Waals surface area contributed by atoms with E-state index in [-0.39, 0.29) is 11.3 Å². The Bertz CT molecular complexity index is 851. The number of fused-ring (bicyclic) bond motifs is 5. The maximum Gasteiger partial charge on any atom is 0.226 e. The highest BCUT2D eigenvalue weighted by molar-refractivity contribution is 5.80. The Hall–Kier alpha value is -1.25. The molecule has 1 heterocycles. The number of nitrogens with zero attached hydrogens (tertiary/aromatic N) is 1. The molecule has 4 aliphatic carbocycles. The van der Waals surface area contributed by atoms with E-state index in [0.29, 0.717) is 29.8 Å². The first kappa shape index (κ1) is 23.5. The van der Waals surface area contributed by atoms with Crippen molar-refractivity contribution in [2.24, 2.45) is 40.4 Å². The largest absolute Gasteiger partial charge is 0.490 e. The lowest BCUT2D eigenvalue weighted by Crippen LogP contribution is -2.51. The Morgan fingerprint density at radius 3 is 2.48 bits per heavy atom. The van der Waals surface area contributed by atoms with Crippen LogP contribution < -0.4 is 0 Å². The smallest absolute Gasteiger partial charge is 0.226 e. The predicted octanol–water partition coefficient (Wildman–Crippen LogP) is 7.48. The van der Waals surface area contributed by atoms with Gasteiger partial charge < -0.3 is 9.64 Å². The van der Waals surface area contributed by atoms with E-state index in [2.05, 4.69) is 40.7 Å². The van der Waals surface area contributed by atoms with Crippen LogP contribution in [-0.4, -0.2) is 24.0 Å². The minimum Gasteiger partial charge on any atom is -0.490 e. The molecule has 1 aliphatic heterocycles. The van der Waals surface area contributed by atoms with Gasteiger partial charge in [0.2, 0.25) is 5.91 Å². The van der Waals surface area contributed by atoms with Crippen molar-refractivity contribution in [2.75, 3.05) is 7.05 Å². The fourth-order valence-corrected chi connectivity index (χ4v) is 8.45. The number of piperidine rings is 1. The summed E-state index contributed by atoms with van der Waals surface area (Å²) in [4.78, 5) is 14.6. The quantitative estimate of drug-likeness (QED) is 0.400. The molecule has 6 atom stereocenters. The number of likely N-dealkylation sites (tertiary alicyclic amines) is 1. The Labute approximate surface area is 202 Å². The summed E-state index contributed by atoms with van der Waals surface area (Å²) >= 11 is 0. The van der Waals surface area contributed by atoms with Crippen LogP contribution in [0.15, 0.2) is 23.1 Å². The van der Waals surface area contributed by atoms with Crippen LogP contribution in [0.2, 0.25) is 0 Å². The first-order valence-corrected chi connectivity index (χ1v) is 14.0. The summed E-state index contributed by atoms with van der Waals surface area (Å²) in [6.07, 6.45) is 16.2. The standard InChI is InChI=1S/C30H47NO2/c1-19(2)8-7-9-20(3)22-12-13-23-28-24(14-16-29(22,23)4)30(5)17-15-27(32)31(6)26(30)18-25(28)33-21-10-11-21/h18-24H,7-17H2,1-6H3/t20-,22-,23+,24+,29-,30-/m1/s1. The van der Waals surface area contributed by atoms with Gasteiger partial charge in [0.25, 0.3) is 0 Å². The van der Waals surface area contributed by atoms with Crippen molar-refractivity contribution in [3.8, 4) is 0 Å². The van der Waals surface area contributed by atoms with Crippen LogP contribution in [0.3, 0.4) is 0 Å². The van der Waals surface area contributed by atoms with E-state index in [9.17, 15) is 4.79 Å². The van der Waals surface area contributed by atoms with Gasteiger partial charge in [0.1, 0.15) is 5.76 Å². The molecule has 0 aromatic heterocycles. The van der Waals surface area contributed by atoms with E-state index in [4.69, 9.17) is 4.74 Å². The molecule has 1 saturated heterocycles. The lowest BCUT2D eigenvalue weighted by molar-refractivity contribution is -0.133. The summed E-state index contributed by atoms with van der Waals surface area (Å²) in [6.45, 7) is 12.3. The Balaban J connectivity index is 1.48. The van der Waals surface area contributed by atoms with Crippen LogP contribution in [-0.2, 0) is 9.53 Å². The second-order valence-electron chi connectivity index (χ2n) is 13.2. The number of allylic oxidation sites excluding steroid dienone is 3. The number of ether oxygens (including phenoxy) is 1. The van der Waals surface area contributed by atoms with E-state index in [0.717, 1.165) is 24.2 Å². The highest BCUT2D eigenvalue weighted by atomic mass is 16.5. The topological polar surface area (TPSA) is 29.5 Å². The van der Waals surface area contributed by atoms with E-state index >= 15 is 0 Å². The third-order valence-corrected chi connectivity index (χ3v) is 10.6. The molecule has 0 spiro atoms. The summed E-state index contributed by atoms with van der Waals surface area (Å²) in [7, 11) is 1.99. The predicted molar refractivity (Wildman–Crippen MR) is 134 cm³/mol. The van der Waals surface area contributed by atoms with Gasteiger partial charge in [-0.1, -0.05) is 53.9 Å². The number of hydrogen-bond donors (Lipinski definition) is 0. The van der Waals surface area contributed by atoms with Gasteiger partial charge >= 0.3 is 0 Å². The summed E-state index contributed by atoms with van der Waals surface area (Å²) in [5, 5.41) is 0. The lowest BCUT2D eigenvalue weighted by Gasteiger charge is -2.56. The number of rotatable bonds is 7. The van der Waals surface area contributed by atoms with Crippen LogP contribution in [0, 0.1) is 40.4 Å². The maximum absolute atomic E-state index is 12.6. The second-order valence-corrected chi connectivity index (χ2v) is 13.2. The van der Waals surface area contributed by atoms with Crippen molar-refractivity contribution < 1.29 is 9.53 Å². The molecule has 4 fully saturated rings. The SMILES string of the molecule is CC(C)CCC[C@@H](C)[C@H]1CC[C@H]2C3=C(OC4CC4)C=C4N(C)C(=O)CC[C@]4(C)[C@H]3CC[C@]12C. The van der Waals surface area contributed by atoms with Crippen molar-refractivity contribution in [3.63, 3.8) is 0 Å². The fraction of sp³-hybridized carbons (Fsp3) is 0.833. The first-order chi connectivity index (χ1) is 15.6. The molecular formula is C30H47NO2. The Kier molecular flexibility index (Phi) is 6.02. The van der Waals surface area contributed by atoms with Crippen LogP contribution in [0.25, 0.3) is 0 Å². The monoisotopic (exact) mass is 453 g/mol. The van der Waals surface area contributed by atoms with Gasteiger partial charge in [0.05, 0.1) is 6.10 Å². The Morgan fingerprint density at radius 2 is 1.79 bits per heavy atom. The third-order valence-electron chi connectivity index (χ3n) is 10.6. The normalized spacial score (nSPS) is 39.2. The van der Waals surface area contributed by atoms with Crippen LogP contribution in [0.5, 0.6) is 0 Å². The average Bonchev–Trinajstić information content (AvgIpc) is 3.50. The van der Waals surface area contributed by atoms with Crippen molar-refractivity contribution in [1.29, 1.82) is 0 Å². The van der Waals surface area contributed by atoms with Gasteiger partial charge in [-0.2, -0.15) is 0 Å². The maximum atomic E-state index is 12.6. The summed E-state index contributed by atoms with van der Waals surface area (Å²) < 4.78 is 6.65. The minimum atomic E-state index is 0.0801. The average molecular weight is 454 g/mol. The molecule has 0 unspecified atom stereocenters. The summed E-state index contributed by atoms with van der Waals surface area (Å²) in [5.41, 5.74) is 3.36. The molecule has 3 saturated carbocycles. The van der Waals surface area contributed by atoms with E-state index in [1.165, 1.54) is 69.2 Å². The molecule has 3 nitrogen and oxygen atoms in total. The van der Waals surface area contributed by atoms with Crippen molar-refractivity contribution in [2.45, 2.75) is 111 Å². The zero-order valence-corrected chi connectivity index (χ0v) is 22.1. The molecule has 3 heteroatoms. The Morgan fingerprint density at radius 1 is 1.03 bits per heavy atom. The number of amides is 1. The van der Waals surface area contributed by atoms with Crippen LogP contribution in [0.1, 0.15) is 105 Å². The fourth-order valence-electron chi connectivity index (χ4n) is 8.45. The molecule has 0 aromatic carbocycles. The molecule has 0 bridgehead atoms. The van der Waals surface area contributed by atoms with Crippen molar-refractivity contribution in [3.05, 3.63) is 23.1 Å². The first-order valence-electron chi connectivity index (χ1n) is 14.0. The molecule has 184 valence electrons. The third kappa shape index (κ3) is 3.90. The molecular weight excluding hydrogens is 406 g/mol. The van der Waals surface area contributed by atoms with Gasteiger partial charge in [-0.3, -0.25) is 4.79 Å². The van der Waals surface area contributed by atoms with Crippen LogP contribution in [0.4, 0.5) is 0 Å². The van der Waals surface area contributed by atoms with E-state index < -0.39 is 0 Å². The van der Waals surface area contributed by atoms with Gasteiger partial charge in [0, 0.05) is 30.7 Å². The molecule has 5 rings (SSSR count). The highest BCUT2D eigenvalue weighted by Crippen LogP contribution is 2.67. The van der Waals surface area contributed by atoms with Crippen molar-refractivity contribution >= 4 is 5.91 Å². The summed E-state index contributed by atoms with van der Waals surface area (Å²) in [6, 6.07) is 0. The van der Waals surface area contributed by atoms with Gasteiger partial charge in [0.15, 0.2) is 0 Å². The number of hydrogen-bond acceptors (Lipinski definition) is 2. The van der Waals surface area contributed by atoms with Gasteiger partial charge in [-0.15, -0.1) is 0 Å². The van der Waals surface area contributed by atoms with E-state index in [1.54, 1.807) is 5.57 Å². The number of carbonyl (C=O) groups is 1. The molecule has 0 radical (unpaired) electrons. The zero-order chi connectivity index (χ0) is 23.5. The highest BCUT2D eigenvalue weighted by Gasteiger charge is 2.59. The summed E-state index contributed by atoms with van der Waals surface area (Å²) in [5.74, 6) is 5.09. The van der Waals surface area contributed by atoms with Gasteiger partial charge in [-0.25, -0.2) is 0 Å². The molecule has 0 aromatic rings. The van der Waals surface area contributed by atoms with Gasteiger partial charge in [-0.05, 0) is 85.5 Å². The van der Waals surface area contributed by atoms with Crippen LogP contribution >= 0.6 is 0 Å². The molecule has 1 amide bonds.